The van der Waals surface area contributed by atoms with E-state index < -0.39 is 12.1 Å². The molecule has 0 amide bonds. The number of hydrogen-bond acceptors (Lipinski definition) is 3. The van der Waals surface area contributed by atoms with E-state index in [1.165, 1.54) is 12.1 Å². The quantitative estimate of drug-likeness (QED) is 0.783. The Labute approximate surface area is 105 Å². The molecule has 0 bridgehead atoms. The van der Waals surface area contributed by atoms with Crippen molar-refractivity contribution in [2.75, 3.05) is 0 Å². The molecular weight excluding hydrogens is 249 g/mol. The van der Waals surface area contributed by atoms with Gasteiger partial charge in [0.2, 0.25) is 0 Å². The molecule has 0 saturated heterocycles. The topological polar surface area (TPSA) is 66.5 Å². The highest BCUT2D eigenvalue weighted by atomic mass is 35.5. The Hall–Kier alpha value is -0.480. The maximum absolute atomic E-state index is 9.76. The van der Waals surface area contributed by atoms with Crippen LogP contribution in [-0.2, 0) is 0 Å². The van der Waals surface area contributed by atoms with Crippen LogP contribution >= 0.6 is 23.2 Å². The monoisotopic (exact) mass is 263 g/mol. The highest BCUT2D eigenvalue weighted by Crippen LogP contribution is 2.35. The second-order valence-electron chi connectivity index (χ2n) is 3.71. The van der Waals surface area contributed by atoms with Crippen LogP contribution in [0.25, 0.3) is 0 Å². The molecule has 90 valence electrons. The fourth-order valence-electron chi connectivity index (χ4n) is 1.52. The van der Waals surface area contributed by atoms with Gasteiger partial charge in [0.25, 0.3) is 0 Å². The standard InChI is InChI=1S/C11H15Cl2NO2/c1-2-3-9(15)10(14)7-4-6(12)5-8(13)11(7)16/h4-5,9-10,15-16H,2-3,14H2,1H3/t9-,10+/m0/s1. The summed E-state index contributed by atoms with van der Waals surface area (Å²) in [4.78, 5) is 0. The average molecular weight is 264 g/mol. The SMILES string of the molecule is CCC[C@H](O)[C@H](N)c1cc(Cl)cc(Cl)c1O. The number of nitrogens with two attached hydrogens (primary N) is 1. The van der Waals surface area contributed by atoms with Crippen molar-refractivity contribution in [1.82, 2.24) is 0 Å². The number of hydrogen-bond donors (Lipinski definition) is 3. The fraction of sp³-hybridized carbons (Fsp3) is 0.455. The minimum Gasteiger partial charge on any atom is -0.506 e. The molecule has 1 rings (SSSR count). The summed E-state index contributed by atoms with van der Waals surface area (Å²) in [6.45, 7) is 1.95. The summed E-state index contributed by atoms with van der Waals surface area (Å²) >= 11 is 11.6. The third-order valence-corrected chi connectivity index (χ3v) is 2.92. The van der Waals surface area contributed by atoms with Crippen LogP contribution in [0.5, 0.6) is 5.75 Å². The summed E-state index contributed by atoms with van der Waals surface area (Å²) in [5.74, 6) is -0.117. The summed E-state index contributed by atoms with van der Waals surface area (Å²) in [5.41, 5.74) is 6.21. The second-order valence-corrected chi connectivity index (χ2v) is 4.55. The molecule has 0 unspecified atom stereocenters. The summed E-state index contributed by atoms with van der Waals surface area (Å²) in [7, 11) is 0. The molecule has 1 aromatic rings. The normalized spacial score (nSPS) is 14.8. The van der Waals surface area contributed by atoms with Crippen molar-refractivity contribution in [1.29, 1.82) is 0 Å². The van der Waals surface area contributed by atoms with Gasteiger partial charge in [0.05, 0.1) is 17.2 Å². The fourth-order valence-corrected chi connectivity index (χ4v) is 2.03. The van der Waals surface area contributed by atoms with Crippen molar-refractivity contribution >= 4 is 23.2 Å². The average Bonchev–Trinajstić information content (AvgIpc) is 2.22. The van der Waals surface area contributed by atoms with Crippen molar-refractivity contribution in [2.24, 2.45) is 5.73 Å². The van der Waals surface area contributed by atoms with E-state index in [-0.39, 0.29) is 10.8 Å². The number of aliphatic hydroxyl groups is 1. The zero-order valence-corrected chi connectivity index (χ0v) is 10.5. The highest BCUT2D eigenvalue weighted by Gasteiger charge is 2.21. The van der Waals surface area contributed by atoms with E-state index in [1.54, 1.807) is 0 Å². The van der Waals surface area contributed by atoms with E-state index in [1.807, 2.05) is 6.92 Å². The smallest absolute Gasteiger partial charge is 0.139 e. The van der Waals surface area contributed by atoms with Gasteiger partial charge in [0.15, 0.2) is 0 Å². The first kappa shape index (κ1) is 13.6. The van der Waals surface area contributed by atoms with Crippen molar-refractivity contribution in [2.45, 2.75) is 31.9 Å². The molecule has 16 heavy (non-hydrogen) atoms. The summed E-state index contributed by atoms with van der Waals surface area (Å²) < 4.78 is 0. The van der Waals surface area contributed by atoms with Gasteiger partial charge in [-0.05, 0) is 18.6 Å². The maximum Gasteiger partial charge on any atom is 0.139 e. The molecule has 2 atom stereocenters. The van der Waals surface area contributed by atoms with Gasteiger partial charge in [0, 0.05) is 10.6 Å². The molecule has 3 nitrogen and oxygen atoms in total. The predicted octanol–water partition coefficient (Wildman–Crippen LogP) is 2.86. The number of phenols is 1. The first-order chi connectivity index (χ1) is 7.47. The van der Waals surface area contributed by atoms with Gasteiger partial charge in [0.1, 0.15) is 5.75 Å². The molecule has 0 heterocycles. The second kappa shape index (κ2) is 5.73. The van der Waals surface area contributed by atoms with Crippen LogP contribution in [0, 0.1) is 0 Å². The molecule has 0 saturated carbocycles. The van der Waals surface area contributed by atoms with Gasteiger partial charge in [-0.15, -0.1) is 0 Å². The van der Waals surface area contributed by atoms with Crippen LogP contribution in [0.2, 0.25) is 10.0 Å². The number of halogens is 2. The summed E-state index contributed by atoms with van der Waals surface area (Å²) in [5, 5.41) is 20.0. The van der Waals surface area contributed by atoms with Crippen LogP contribution in [0.4, 0.5) is 0 Å². The molecule has 0 aliphatic carbocycles. The highest BCUT2D eigenvalue weighted by molar-refractivity contribution is 6.35. The number of aromatic hydroxyl groups is 1. The number of phenolic OH excluding ortho intramolecular Hbond substituents is 1. The Balaban J connectivity index is 3.03. The molecule has 0 aliphatic rings. The zero-order chi connectivity index (χ0) is 12.3. The molecule has 0 aromatic heterocycles. The van der Waals surface area contributed by atoms with E-state index in [9.17, 15) is 10.2 Å². The Morgan fingerprint density at radius 2 is 2.00 bits per heavy atom. The first-order valence-corrected chi connectivity index (χ1v) is 5.84. The molecule has 0 fully saturated rings. The number of benzene rings is 1. The maximum atomic E-state index is 9.76. The largest absolute Gasteiger partial charge is 0.506 e. The third kappa shape index (κ3) is 3.01. The summed E-state index contributed by atoms with van der Waals surface area (Å²) in [6, 6.07) is 2.27. The lowest BCUT2D eigenvalue weighted by Gasteiger charge is -2.20. The Kier molecular flexibility index (Phi) is 4.87. The van der Waals surface area contributed by atoms with E-state index in [0.717, 1.165) is 6.42 Å². The number of rotatable bonds is 4. The van der Waals surface area contributed by atoms with Crippen molar-refractivity contribution in [3.05, 3.63) is 27.7 Å². The van der Waals surface area contributed by atoms with E-state index >= 15 is 0 Å². The first-order valence-electron chi connectivity index (χ1n) is 5.09. The van der Waals surface area contributed by atoms with Gasteiger partial charge >= 0.3 is 0 Å². The lowest BCUT2D eigenvalue weighted by molar-refractivity contribution is 0.133. The minimum absolute atomic E-state index is 0.117. The molecular formula is C11H15Cl2NO2. The van der Waals surface area contributed by atoms with Crippen LogP contribution < -0.4 is 5.73 Å². The Morgan fingerprint density at radius 1 is 1.38 bits per heavy atom. The molecule has 0 aliphatic heterocycles. The van der Waals surface area contributed by atoms with Gasteiger partial charge < -0.3 is 15.9 Å². The van der Waals surface area contributed by atoms with E-state index in [4.69, 9.17) is 28.9 Å². The van der Waals surface area contributed by atoms with E-state index in [0.29, 0.717) is 17.0 Å². The van der Waals surface area contributed by atoms with Gasteiger partial charge in [-0.25, -0.2) is 0 Å². The van der Waals surface area contributed by atoms with Crippen molar-refractivity contribution < 1.29 is 10.2 Å². The molecule has 0 spiro atoms. The van der Waals surface area contributed by atoms with E-state index in [2.05, 4.69) is 0 Å². The number of aliphatic hydroxyl groups excluding tert-OH is 1. The predicted molar refractivity (Wildman–Crippen MR) is 66.0 cm³/mol. The van der Waals surface area contributed by atoms with Crippen molar-refractivity contribution in [3.8, 4) is 5.75 Å². The molecule has 1 aromatic carbocycles. The zero-order valence-electron chi connectivity index (χ0n) is 8.95. The Morgan fingerprint density at radius 3 is 2.56 bits per heavy atom. The molecule has 4 N–H and O–H groups in total. The summed E-state index contributed by atoms with van der Waals surface area (Å²) in [6.07, 6.45) is 0.653. The van der Waals surface area contributed by atoms with Gasteiger partial charge in [-0.1, -0.05) is 36.5 Å². The van der Waals surface area contributed by atoms with Gasteiger partial charge in [-0.2, -0.15) is 0 Å². The lowest BCUT2D eigenvalue weighted by Crippen LogP contribution is -2.26. The van der Waals surface area contributed by atoms with Crippen LogP contribution in [0.15, 0.2) is 12.1 Å². The third-order valence-electron chi connectivity index (χ3n) is 2.42. The van der Waals surface area contributed by atoms with Crippen molar-refractivity contribution in [3.63, 3.8) is 0 Å². The van der Waals surface area contributed by atoms with Gasteiger partial charge in [-0.3, -0.25) is 0 Å². The van der Waals surface area contributed by atoms with Crippen LogP contribution in [0.3, 0.4) is 0 Å². The minimum atomic E-state index is -0.717. The Bertz CT molecular complexity index is 371. The molecule has 0 radical (unpaired) electrons. The van der Waals surface area contributed by atoms with Crippen LogP contribution in [0.1, 0.15) is 31.4 Å². The molecule has 5 heteroatoms. The van der Waals surface area contributed by atoms with Crippen LogP contribution in [-0.4, -0.2) is 16.3 Å². The lowest BCUT2D eigenvalue weighted by atomic mass is 9.98.